The fourth-order valence-corrected chi connectivity index (χ4v) is 3.39. The molecule has 1 amide bonds. The number of piperidine rings is 1. The Bertz CT molecular complexity index is 530. The molecule has 2 atom stereocenters. The molecule has 0 bridgehead atoms. The first-order valence-corrected chi connectivity index (χ1v) is 9.22. The van der Waals surface area contributed by atoms with E-state index in [0.29, 0.717) is 18.3 Å². The van der Waals surface area contributed by atoms with Crippen LogP contribution in [-0.4, -0.2) is 25.1 Å². The summed E-state index contributed by atoms with van der Waals surface area (Å²) in [6.07, 6.45) is 3.12. The lowest BCUT2D eigenvalue weighted by molar-refractivity contribution is -0.123. The van der Waals surface area contributed by atoms with Crippen LogP contribution in [0.3, 0.4) is 0 Å². The molecule has 25 heavy (non-hydrogen) atoms. The quantitative estimate of drug-likeness (QED) is 0.761. The van der Waals surface area contributed by atoms with Crippen molar-refractivity contribution in [3.05, 3.63) is 29.8 Å². The second-order valence-electron chi connectivity index (χ2n) is 7.30. The SMILES string of the molecule is CC(C)Oc1cccc(C(C)NC(=O)CC(C)C2CCNCC2)c1.Cl. The van der Waals surface area contributed by atoms with Gasteiger partial charge in [-0.1, -0.05) is 19.1 Å². The van der Waals surface area contributed by atoms with E-state index in [-0.39, 0.29) is 30.5 Å². The van der Waals surface area contributed by atoms with Crippen LogP contribution in [-0.2, 0) is 4.79 Å². The summed E-state index contributed by atoms with van der Waals surface area (Å²) in [5, 5.41) is 6.52. The van der Waals surface area contributed by atoms with Crippen LogP contribution in [0.25, 0.3) is 0 Å². The van der Waals surface area contributed by atoms with Crippen molar-refractivity contribution >= 4 is 18.3 Å². The van der Waals surface area contributed by atoms with Gasteiger partial charge in [0.15, 0.2) is 0 Å². The second-order valence-corrected chi connectivity index (χ2v) is 7.30. The molecule has 142 valence electrons. The molecule has 0 saturated carbocycles. The number of carbonyl (C=O) groups excluding carboxylic acids is 1. The number of hydrogen-bond donors (Lipinski definition) is 2. The average Bonchev–Trinajstić information content (AvgIpc) is 2.55. The maximum Gasteiger partial charge on any atom is 0.220 e. The summed E-state index contributed by atoms with van der Waals surface area (Å²) in [4.78, 5) is 12.4. The normalized spacial score (nSPS) is 17.5. The molecule has 0 radical (unpaired) electrons. The van der Waals surface area contributed by atoms with Crippen molar-refractivity contribution in [3.63, 3.8) is 0 Å². The van der Waals surface area contributed by atoms with Gasteiger partial charge in [-0.2, -0.15) is 0 Å². The molecule has 1 aliphatic heterocycles. The van der Waals surface area contributed by atoms with Crippen molar-refractivity contribution in [2.75, 3.05) is 13.1 Å². The summed E-state index contributed by atoms with van der Waals surface area (Å²) in [6.45, 7) is 10.4. The molecule has 1 aromatic carbocycles. The Morgan fingerprint density at radius 2 is 1.92 bits per heavy atom. The number of nitrogens with one attached hydrogen (secondary N) is 2. The van der Waals surface area contributed by atoms with Crippen LogP contribution in [0.5, 0.6) is 5.75 Å². The largest absolute Gasteiger partial charge is 0.491 e. The van der Waals surface area contributed by atoms with Gasteiger partial charge in [0.05, 0.1) is 12.1 Å². The van der Waals surface area contributed by atoms with Crippen LogP contribution < -0.4 is 15.4 Å². The molecule has 4 nitrogen and oxygen atoms in total. The molecule has 1 fully saturated rings. The van der Waals surface area contributed by atoms with Crippen LogP contribution in [0.15, 0.2) is 24.3 Å². The van der Waals surface area contributed by atoms with E-state index < -0.39 is 0 Å². The number of benzene rings is 1. The highest BCUT2D eigenvalue weighted by atomic mass is 35.5. The Kier molecular flexibility index (Phi) is 9.30. The number of carbonyl (C=O) groups is 1. The van der Waals surface area contributed by atoms with E-state index in [9.17, 15) is 4.79 Å². The van der Waals surface area contributed by atoms with Crippen LogP contribution in [0.1, 0.15) is 58.6 Å². The lowest BCUT2D eigenvalue weighted by atomic mass is 9.84. The second kappa shape index (κ2) is 10.7. The molecule has 1 aromatic rings. The van der Waals surface area contributed by atoms with Gasteiger partial charge < -0.3 is 15.4 Å². The summed E-state index contributed by atoms with van der Waals surface area (Å²) in [5.41, 5.74) is 1.08. The highest BCUT2D eigenvalue weighted by molar-refractivity contribution is 5.85. The molecule has 1 heterocycles. The maximum atomic E-state index is 12.4. The minimum atomic E-state index is -0.00608. The van der Waals surface area contributed by atoms with Gasteiger partial charge >= 0.3 is 0 Å². The third-order valence-corrected chi connectivity index (χ3v) is 4.80. The van der Waals surface area contributed by atoms with Gasteiger partial charge in [0.2, 0.25) is 5.91 Å². The number of ether oxygens (including phenoxy) is 1. The summed E-state index contributed by atoms with van der Waals surface area (Å²) in [7, 11) is 0. The standard InChI is InChI=1S/C20H32N2O2.ClH/c1-14(2)24-19-7-5-6-18(13-19)16(4)22-20(23)12-15(3)17-8-10-21-11-9-17;/h5-7,13-17,21H,8-12H2,1-4H3,(H,22,23);1H. The van der Waals surface area contributed by atoms with E-state index in [4.69, 9.17) is 4.74 Å². The van der Waals surface area contributed by atoms with Crippen molar-refractivity contribution in [1.82, 2.24) is 10.6 Å². The first kappa shape index (κ1) is 21.8. The maximum absolute atomic E-state index is 12.4. The van der Waals surface area contributed by atoms with Crippen molar-refractivity contribution in [1.29, 1.82) is 0 Å². The average molecular weight is 369 g/mol. The van der Waals surface area contributed by atoms with Crippen molar-refractivity contribution in [2.45, 2.75) is 59.1 Å². The molecular weight excluding hydrogens is 336 g/mol. The van der Waals surface area contributed by atoms with Gasteiger partial charge in [0.1, 0.15) is 5.75 Å². The Balaban J connectivity index is 0.00000312. The molecular formula is C20H33ClN2O2. The predicted octanol–water partition coefficient (Wildman–Crippen LogP) is 4.10. The van der Waals surface area contributed by atoms with Crippen molar-refractivity contribution in [3.8, 4) is 5.75 Å². The van der Waals surface area contributed by atoms with Crippen LogP contribution in [0.2, 0.25) is 0 Å². The first-order chi connectivity index (χ1) is 11.5. The fourth-order valence-electron chi connectivity index (χ4n) is 3.39. The van der Waals surface area contributed by atoms with Crippen molar-refractivity contribution in [2.24, 2.45) is 11.8 Å². The molecule has 1 saturated heterocycles. The lowest BCUT2D eigenvalue weighted by Crippen LogP contribution is -2.34. The third-order valence-electron chi connectivity index (χ3n) is 4.80. The summed E-state index contributed by atoms with van der Waals surface area (Å²) in [5.74, 6) is 2.10. The van der Waals surface area contributed by atoms with Gasteiger partial charge in [-0.25, -0.2) is 0 Å². The minimum absolute atomic E-state index is 0. The zero-order valence-electron chi connectivity index (χ0n) is 15.9. The molecule has 0 spiro atoms. The molecule has 2 rings (SSSR count). The van der Waals surface area contributed by atoms with Crippen LogP contribution in [0.4, 0.5) is 0 Å². The molecule has 0 aliphatic carbocycles. The van der Waals surface area contributed by atoms with E-state index in [2.05, 4.69) is 17.6 Å². The van der Waals surface area contributed by atoms with E-state index in [1.54, 1.807) is 0 Å². The number of rotatable bonds is 7. The van der Waals surface area contributed by atoms with Gasteiger partial charge in [-0.05, 0) is 76.2 Å². The zero-order valence-corrected chi connectivity index (χ0v) is 16.7. The summed E-state index contributed by atoms with van der Waals surface area (Å²) in [6, 6.07) is 7.98. The monoisotopic (exact) mass is 368 g/mol. The third kappa shape index (κ3) is 7.25. The summed E-state index contributed by atoms with van der Waals surface area (Å²) < 4.78 is 5.74. The smallest absolute Gasteiger partial charge is 0.220 e. The van der Waals surface area contributed by atoms with E-state index in [1.807, 2.05) is 45.0 Å². The minimum Gasteiger partial charge on any atom is -0.491 e. The molecule has 2 unspecified atom stereocenters. The Labute approximate surface area is 158 Å². The van der Waals surface area contributed by atoms with E-state index >= 15 is 0 Å². The van der Waals surface area contributed by atoms with E-state index in [1.165, 1.54) is 12.8 Å². The van der Waals surface area contributed by atoms with Crippen LogP contribution >= 0.6 is 12.4 Å². The Hall–Kier alpha value is -1.26. The first-order valence-electron chi connectivity index (χ1n) is 9.22. The topological polar surface area (TPSA) is 50.4 Å². The highest BCUT2D eigenvalue weighted by Gasteiger charge is 2.22. The zero-order chi connectivity index (χ0) is 17.5. The number of hydrogen-bond acceptors (Lipinski definition) is 3. The number of amides is 1. The molecule has 2 N–H and O–H groups in total. The van der Waals surface area contributed by atoms with E-state index in [0.717, 1.165) is 24.4 Å². The Morgan fingerprint density at radius 3 is 2.56 bits per heavy atom. The lowest BCUT2D eigenvalue weighted by Gasteiger charge is -2.28. The molecule has 1 aliphatic rings. The van der Waals surface area contributed by atoms with Crippen molar-refractivity contribution < 1.29 is 9.53 Å². The van der Waals surface area contributed by atoms with Crippen LogP contribution in [0, 0.1) is 11.8 Å². The Morgan fingerprint density at radius 1 is 1.24 bits per heavy atom. The molecule has 5 heteroatoms. The van der Waals surface area contributed by atoms with Gasteiger partial charge in [-0.3, -0.25) is 4.79 Å². The van der Waals surface area contributed by atoms with Gasteiger partial charge in [0, 0.05) is 6.42 Å². The fraction of sp³-hybridized carbons (Fsp3) is 0.650. The highest BCUT2D eigenvalue weighted by Crippen LogP contribution is 2.25. The number of halogens is 1. The predicted molar refractivity (Wildman–Crippen MR) is 105 cm³/mol. The van der Waals surface area contributed by atoms with Gasteiger partial charge in [-0.15, -0.1) is 12.4 Å². The van der Waals surface area contributed by atoms with Gasteiger partial charge in [0.25, 0.3) is 0 Å². The molecule has 0 aromatic heterocycles. The summed E-state index contributed by atoms with van der Waals surface area (Å²) >= 11 is 0.